The highest BCUT2D eigenvalue weighted by atomic mass is 19.4. The Balaban J connectivity index is 1.24. The highest BCUT2D eigenvalue weighted by molar-refractivity contribution is 5.92. The van der Waals surface area contributed by atoms with Crippen molar-refractivity contribution in [1.82, 2.24) is 9.80 Å². The number of alkyl halides is 3. The third kappa shape index (κ3) is 4.48. The van der Waals surface area contributed by atoms with Gasteiger partial charge in [0.05, 0.1) is 22.6 Å². The van der Waals surface area contributed by atoms with E-state index in [0.29, 0.717) is 49.5 Å². The molecule has 3 aliphatic carbocycles. The Kier molecular flexibility index (Phi) is 6.85. The van der Waals surface area contributed by atoms with E-state index in [0.717, 1.165) is 49.2 Å². The van der Waals surface area contributed by atoms with Crippen molar-refractivity contribution in [1.29, 1.82) is 0 Å². The second kappa shape index (κ2) is 10.3. The molecule has 6 nitrogen and oxygen atoms in total. The molecule has 2 aromatic carbocycles. The van der Waals surface area contributed by atoms with Crippen molar-refractivity contribution in [3.05, 3.63) is 64.7 Å². The molecule has 230 valence electrons. The molecule has 1 amide bonds. The summed E-state index contributed by atoms with van der Waals surface area (Å²) >= 11 is 0. The van der Waals surface area contributed by atoms with Crippen LogP contribution in [-0.2, 0) is 22.8 Å². The molecule has 5 aliphatic rings. The molecule has 2 saturated carbocycles. The number of nitrogens with zero attached hydrogens (tertiary/aromatic N) is 2. The number of carbonyl (C=O) groups excluding carboxylic acids is 1. The van der Waals surface area contributed by atoms with Gasteiger partial charge in [-0.25, -0.2) is 0 Å². The van der Waals surface area contributed by atoms with Crippen LogP contribution in [0, 0.1) is 5.92 Å². The van der Waals surface area contributed by atoms with Gasteiger partial charge in [-0.1, -0.05) is 31.5 Å². The molecule has 0 aromatic heterocycles. The molecule has 2 bridgehead atoms. The summed E-state index contributed by atoms with van der Waals surface area (Å²) < 4.78 is 46.5. The average Bonchev–Trinajstić information content (AvgIpc) is 3.72. The zero-order chi connectivity index (χ0) is 30.1. The third-order valence-corrected chi connectivity index (χ3v) is 10.8. The maximum atomic E-state index is 13.9. The van der Waals surface area contributed by atoms with Crippen LogP contribution in [0.15, 0.2) is 42.5 Å². The van der Waals surface area contributed by atoms with E-state index in [1.165, 1.54) is 31.1 Å². The summed E-state index contributed by atoms with van der Waals surface area (Å²) in [6, 6.07) is 8.17. The summed E-state index contributed by atoms with van der Waals surface area (Å²) in [5.74, 6) is 0.884. The van der Waals surface area contributed by atoms with Crippen LogP contribution in [0.4, 0.5) is 13.2 Å². The molecule has 9 heteroatoms. The van der Waals surface area contributed by atoms with E-state index in [4.69, 9.17) is 4.74 Å². The Morgan fingerprint density at radius 1 is 1.19 bits per heavy atom. The van der Waals surface area contributed by atoms with Crippen molar-refractivity contribution in [3.63, 3.8) is 0 Å². The number of hydrogen-bond acceptors (Lipinski definition) is 5. The Labute approximate surface area is 250 Å². The fourth-order valence-electron chi connectivity index (χ4n) is 8.62. The van der Waals surface area contributed by atoms with Crippen molar-refractivity contribution in [2.75, 3.05) is 19.6 Å². The standard InChI is InChI=1S/C34H39F3N2O4/c1-2-3-16-39(28(41)12-9-21-5-4-6-24(18-21)34(35,36)37)25-13-14-33(42)27-19-23-10-11-26(40)30-29(23)32(33,31(25)43-30)15-17-38(27)20-22-7-8-22/h4-6,9-12,18,22,25,27,31,40,42H,2-3,7-8,13-17,19-20H2,1H3/t25?,27-,31?,32+,33?/m1/s1. The number of benzene rings is 2. The van der Waals surface area contributed by atoms with Gasteiger partial charge in [-0.2, -0.15) is 13.2 Å². The summed E-state index contributed by atoms with van der Waals surface area (Å²) in [5.41, 5.74) is -0.259. The minimum absolute atomic E-state index is 0.0540. The molecular weight excluding hydrogens is 557 g/mol. The molecule has 3 unspecified atom stereocenters. The third-order valence-electron chi connectivity index (χ3n) is 10.8. The number of amides is 1. The lowest BCUT2D eigenvalue weighted by atomic mass is 9.48. The lowest BCUT2D eigenvalue weighted by Gasteiger charge is -2.65. The summed E-state index contributed by atoms with van der Waals surface area (Å²) in [4.78, 5) is 18.1. The highest BCUT2D eigenvalue weighted by Gasteiger charge is 2.73. The van der Waals surface area contributed by atoms with Gasteiger partial charge in [0.1, 0.15) is 6.10 Å². The number of likely N-dealkylation sites (tertiary alicyclic amines) is 1. The van der Waals surface area contributed by atoms with Crippen LogP contribution < -0.4 is 4.74 Å². The summed E-state index contributed by atoms with van der Waals surface area (Å²) in [6.07, 6.45) is 4.29. The number of phenols is 1. The average molecular weight is 597 g/mol. The predicted molar refractivity (Wildman–Crippen MR) is 156 cm³/mol. The molecule has 1 saturated heterocycles. The first-order chi connectivity index (χ1) is 20.6. The SMILES string of the molecule is CCCCN(C(=O)C=Cc1cccc(C(F)(F)F)c1)C1CCC2(O)[C@H]3Cc4ccc(O)c5c4[C@@]2(CCN3CC2CC2)C1O5. The molecule has 5 atom stereocenters. The van der Waals surface area contributed by atoms with Gasteiger partial charge < -0.3 is 19.8 Å². The molecule has 2 heterocycles. The lowest BCUT2D eigenvalue weighted by molar-refractivity contribution is -0.201. The van der Waals surface area contributed by atoms with Crippen LogP contribution in [0.3, 0.4) is 0 Å². The normalized spacial score (nSPS) is 31.1. The first-order valence-corrected chi connectivity index (χ1v) is 15.7. The van der Waals surface area contributed by atoms with Crippen molar-refractivity contribution in [2.24, 2.45) is 5.92 Å². The van der Waals surface area contributed by atoms with E-state index in [9.17, 15) is 28.2 Å². The number of phenolic OH excluding ortho intramolecular Hbond substituents is 1. The Morgan fingerprint density at radius 3 is 2.74 bits per heavy atom. The van der Waals surface area contributed by atoms with E-state index >= 15 is 0 Å². The highest BCUT2D eigenvalue weighted by Crippen LogP contribution is 2.66. The Morgan fingerprint density at radius 2 is 2.00 bits per heavy atom. The van der Waals surface area contributed by atoms with Crippen LogP contribution in [-0.4, -0.2) is 69.3 Å². The van der Waals surface area contributed by atoms with Crippen LogP contribution in [0.1, 0.15) is 74.1 Å². The van der Waals surface area contributed by atoms with Crippen LogP contribution in [0.5, 0.6) is 11.5 Å². The summed E-state index contributed by atoms with van der Waals surface area (Å²) in [7, 11) is 0. The van der Waals surface area contributed by atoms with Gasteiger partial charge in [-0.3, -0.25) is 9.69 Å². The fraction of sp³-hybridized carbons (Fsp3) is 0.559. The number of aliphatic hydroxyl groups is 1. The number of piperidine rings is 1. The van der Waals surface area contributed by atoms with Crippen molar-refractivity contribution in [3.8, 4) is 11.5 Å². The minimum atomic E-state index is -4.47. The number of aromatic hydroxyl groups is 1. The van der Waals surface area contributed by atoms with Gasteiger partial charge >= 0.3 is 6.18 Å². The first-order valence-electron chi connectivity index (χ1n) is 15.7. The molecule has 2 aliphatic heterocycles. The van der Waals surface area contributed by atoms with Crippen molar-refractivity contribution >= 4 is 12.0 Å². The van der Waals surface area contributed by atoms with Crippen LogP contribution in [0.2, 0.25) is 0 Å². The molecule has 0 radical (unpaired) electrons. The number of carbonyl (C=O) groups is 1. The quantitative estimate of drug-likeness (QED) is 0.384. The van der Waals surface area contributed by atoms with E-state index in [1.807, 2.05) is 13.0 Å². The molecule has 43 heavy (non-hydrogen) atoms. The number of halogens is 3. The maximum absolute atomic E-state index is 13.9. The smallest absolute Gasteiger partial charge is 0.416 e. The topological polar surface area (TPSA) is 73.2 Å². The van der Waals surface area contributed by atoms with Gasteiger partial charge in [0.25, 0.3) is 0 Å². The lowest BCUT2D eigenvalue weighted by Crippen LogP contribution is -2.78. The molecule has 2 aromatic rings. The summed E-state index contributed by atoms with van der Waals surface area (Å²) in [6.45, 7) is 4.32. The zero-order valence-electron chi connectivity index (χ0n) is 24.4. The molecule has 2 N–H and O–H groups in total. The second-order valence-electron chi connectivity index (χ2n) is 13.2. The van der Waals surface area contributed by atoms with Crippen molar-refractivity contribution < 1.29 is 32.9 Å². The van der Waals surface area contributed by atoms with Gasteiger partial charge in [0.2, 0.25) is 5.91 Å². The van der Waals surface area contributed by atoms with Crippen LogP contribution >= 0.6 is 0 Å². The number of ether oxygens (including phenoxy) is 1. The fourth-order valence-corrected chi connectivity index (χ4v) is 8.62. The largest absolute Gasteiger partial charge is 0.504 e. The van der Waals surface area contributed by atoms with Gasteiger partial charge in [-0.15, -0.1) is 0 Å². The number of hydrogen-bond donors (Lipinski definition) is 2. The van der Waals surface area contributed by atoms with E-state index in [1.54, 1.807) is 17.0 Å². The molecule has 7 rings (SSSR count). The first kappa shape index (κ1) is 28.7. The van der Waals surface area contributed by atoms with Crippen molar-refractivity contribution in [2.45, 2.75) is 93.7 Å². The minimum Gasteiger partial charge on any atom is -0.504 e. The second-order valence-corrected chi connectivity index (χ2v) is 13.2. The van der Waals surface area contributed by atoms with Gasteiger partial charge in [0.15, 0.2) is 11.5 Å². The van der Waals surface area contributed by atoms with E-state index in [-0.39, 0.29) is 23.7 Å². The molecule has 3 fully saturated rings. The molecule has 1 spiro atoms. The Hall–Kier alpha value is -3.04. The number of unbranched alkanes of at least 4 members (excludes halogenated alkanes) is 1. The maximum Gasteiger partial charge on any atom is 0.416 e. The van der Waals surface area contributed by atoms with Gasteiger partial charge in [0, 0.05) is 30.8 Å². The summed E-state index contributed by atoms with van der Waals surface area (Å²) in [5, 5.41) is 23.7. The monoisotopic (exact) mass is 596 g/mol. The molecular formula is C34H39F3N2O4. The van der Waals surface area contributed by atoms with E-state index < -0.39 is 28.9 Å². The van der Waals surface area contributed by atoms with E-state index in [2.05, 4.69) is 4.90 Å². The van der Waals surface area contributed by atoms with Crippen LogP contribution in [0.25, 0.3) is 6.08 Å². The Bertz CT molecular complexity index is 1460. The zero-order valence-corrected chi connectivity index (χ0v) is 24.4. The number of rotatable bonds is 8. The predicted octanol–water partition coefficient (Wildman–Crippen LogP) is 5.69. The van der Waals surface area contributed by atoms with Gasteiger partial charge in [-0.05, 0) is 92.8 Å².